The van der Waals surface area contributed by atoms with Crippen molar-refractivity contribution in [1.82, 2.24) is 9.88 Å². The number of nitrogens with zero attached hydrogens (tertiary/aromatic N) is 1. The molecule has 3 rings (SSSR count). The standard InChI is InChI=1S/C20H27ClN2O2/c21-17-8-5-9-18-19(17)16(14-23(18)12-13-24)20(25)22-11-10-15-6-3-1-2-4-7-15/h5,8-9,14-15,24H,1-4,6-7,10-13H2,(H,22,25). The third kappa shape index (κ3) is 4.36. The summed E-state index contributed by atoms with van der Waals surface area (Å²) in [6, 6.07) is 5.60. The van der Waals surface area contributed by atoms with Crippen molar-refractivity contribution in [3.63, 3.8) is 0 Å². The van der Waals surface area contributed by atoms with Gasteiger partial charge in [-0.25, -0.2) is 0 Å². The molecule has 0 atom stereocenters. The van der Waals surface area contributed by atoms with E-state index in [9.17, 15) is 9.90 Å². The number of hydrogen-bond acceptors (Lipinski definition) is 2. The molecule has 1 aromatic heterocycles. The van der Waals surface area contributed by atoms with E-state index in [0.717, 1.165) is 23.2 Å². The predicted octanol–water partition coefficient (Wildman–Crippen LogP) is 4.38. The van der Waals surface area contributed by atoms with E-state index in [0.29, 0.717) is 23.7 Å². The molecule has 0 spiro atoms. The van der Waals surface area contributed by atoms with Gasteiger partial charge in [-0.3, -0.25) is 4.79 Å². The molecule has 136 valence electrons. The van der Waals surface area contributed by atoms with E-state index >= 15 is 0 Å². The van der Waals surface area contributed by atoms with Gasteiger partial charge >= 0.3 is 0 Å². The largest absolute Gasteiger partial charge is 0.395 e. The maximum Gasteiger partial charge on any atom is 0.253 e. The molecule has 0 bridgehead atoms. The van der Waals surface area contributed by atoms with Crippen LogP contribution in [0.5, 0.6) is 0 Å². The van der Waals surface area contributed by atoms with Gasteiger partial charge in [-0.2, -0.15) is 0 Å². The molecule has 2 aromatic rings. The summed E-state index contributed by atoms with van der Waals surface area (Å²) in [5.41, 5.74) is 1.48. The van der Waals surface area contributed by atoms with E-state index in [-0.39, 0.29) is 12.5 Å². The minimum atomic E-state index is -0.0802. The minimum absolute atomic E-state index is 0.0268. The maximum atomic E-state index is 12.7. The average Bonchev–Trinajstić information content (AvgIpc) is 2.79. The van der Waals surface area contributed by atoms with E-state index in [1.807, 2.05) is 16.7 Å². The Bertz CT molecular complexity index is 718. The Morgan fingerprint density at radius 3 is 2.72 bits per heavy atom. The van der Waals surface area contributed by atoms with E-state index in [2.05, 4.69) is 5.32 Å². The van der Waals surface area contributed by atoms with Gasteiger partial charge < -0.3 is 15.0 Å². The Morgan fingerprint density at radius 2 is 2.00 bits per heavy atom. The lowest BCUT2D eigenvalue weighted by atomic mass is 9.97. The lowest BCUT2D eigenvalue weighted by Crippen LogP contribution is -2.25. The highest BCUT2D eigenvalue weighted by molar-refractivity contribution is 6.36. The zero-order valence-electron chi connectivity index (χ0n) is 14.6. The van der Waals surface area contributed by atoms with E-state index in [4.69, 9.17) is 11.6 Å². The van der Waals surface area contributed by atoms with Crippen molar-refractivity contribution in [3.05, 3.63) is 35.0 Å². The molecule has 1 aliphatic carbocycles. The molecule has 1 fully saturated rings. The summed E-state index contributed by atoms with van der Waals surface area (Å²) in [7, 11) is 0. The first-order chi connectivity index (χ1) is 12.2. The zero-order chi connectivity index (χ0) is 17.6. The Morgan fingerprint density at radius 1 is 1.24 bits per heavy atom. The van der Waals surface area contributed by atoms with Gasteiger partial charge in [0.1, 0.15) is 0 Å². The van der Waals surface area contributed by atoms with E-state index in [1.54, 1.807) is 12.3 Å². The summed E-state index contributed by atoms with van der Waals surface area (Å²) in [6.45, 7) is 1.19. The molecule has 0 aliphatic heterocycles. The number of halogens is 1. The molecule has 5 heteroatoms. The van der Waals surface area contributed by atoms with Crippen LogP contribution in [0.1, 0.15) is 55.3 Å². The van der Waals surface area contributed by atoms with Crippen LogP contribution < -0.4 is 5.32 Å². The second kappa shape index (κ2) is 8.72. The quantitative estimate of drug-likeness (QED) is 0.749. The summed E-state index contributed by atoms with van der Waals surface area (Å²) in [6.07, 6.45) is 10.8. The van der Waals surface area contributed by atoms with Crippen molar-refractivity contribution in [3.8, 4) is 0 Å². The predicted molar refractivity (Wildman–Crippen MR) is 102 cm³/mol. The molecule has 1 amide bonds. The smallest absolute Gasteiger partial charge is 0.253 e. The van der Waals surface area contributed by atoms with Crippen LogP contribution in [0.2, 0.25) is 5.02 Å². The number of carbonyl (C=O) groups excluding carboxylic acids is 1. The number of aliphatic hydroxyl groups is 1. The second-order valence-electron chi connectivity index (χ2n) is 7.00. The van der Waals surface area contributed by atoms with Gasteiger partial charge in [-0.05, 0) is 24.5 Å². The summed E-state index contributed by atoms with van der Waals surface area (Å²) in [5.74, 6) is 0.658. The third-order valence-electron chi connectivity index (χ3n) is 5.25. The Labute approximate surface area is 154 Å². The molecular weight excluding hydrogens is 336 g/mol. The summed E-state index contributed by atoms with van der Waals surface area (Å²) in [4.78, 5) is 12.7. The van der Waals surface area contributed by atoms with Crippen molar-refractivity contribution in [2.24, 2.45) is 5.92 Å². The Hall–Kier alpha value is -1.52. The number of amides is 1. The number of rotatable bonds is 6. The lowest BCUT2D eigenvalue weighted by Gasteiger charge is -2.14. The number of aliphatic hydroxyl groups excluding tert-OH is 1. The lowest BCUT2D eigenvalue weighted by molar-refractivity contribution is 0.0952. The van der Waals surface area contributed by atoms with Crippen LogP contribution in [0.25, 0.3) is 10.9 Å². The zero-order valence-corrected chi connectivity index (χ0v) is 15.4. The molecule has 25 heavy (non-hydrogen) atoms. The molecule has 4 nitrogen and oxygen atoms in total. The number of fused-ring (bicyclic) bond motifs is 1. The highest BCUT2D eigenvalue weighted by atomic mass is 35.5. The number of aromatic nitrogens is 1. The molecule has 1 saturated carbocycles. The van der Waals surface area contributed by atoms with Crippen molar-refractivity contribution in [2.75, 3.05) is 13.2 Å². The van der Waals surface area contributed by atoms with Gasteiger partial charge in [-0.1, -0.05) is 56.2 Å². The van der Waals surface area contributed by atoms with Crippen molar-refractivity contribution in [1.29, 1.82) is 0 Å². The minimum Gasteiger partial charge on any atom is -0.395 e. The summed E-state index contributed by atoms with van der Waals surface area (Å²) in [5, 5.41) is 13.7. The van der Waals surface area contributed by atoms with Crippen LogP contribution in [-0.2, 0) is 6.54 Å². The molecule has 1 heterocycles. The average molecular weight is 363 g/mol. The van der Waals surface area contributed by atoms with Gasteiger partial charge in [0, 0.05) is 24.7 Å². The van der Waals surface area contributed by atoms with E-state index in [1.165, 1.54) is 38.5 Å². The monoisotopic (exact) mass is 362 g/mol. The molecule has 2 N–H and O–H groups in total. The number of nitrogens with one attached hydrogen (secondary N) is 1. The van der Waals surface area contributed by atoms with Crippen molar-refractivity contribution >= 4 is 28.4 Å². The van der Waals surface area contributed by atoms with E-state index < -0.39 is 0 Å². The van der Waals surface area contributed by atoms with Gasteiger partial charge in [0.05, 0.1) is 22.7 Å². The first-order valence-corrected chi connectivity index (χ1v) is 9.75. The van der Waals surface area contributed by atoms with Crippen molar-refractivity contribution in [2.45, 2.75) is 51.5 Å². The highest BCUT2D eigenvalue weighted by Crippen LogP contribution is 2.29. The van der Waals surface area contributed by atoms with Crippen LogP contribution in [0.3, 0.4) is 0 Å². The van der Waals surface area contributed by atoms with Crippen LogP contribution >= 0.6 is 11.6 Å². The van der Waals surface area contributed by atoms with Crippen LogP contribution in [-0.4, -0.2) is 28.7 Å². The van der Waals surface area contributed by atoms with Gasteiger partial charge in [-0.15, -0.1) is 0 Å². The fourth-order valence-corrected chi connectivity index (χ4v) is 4.18. The first-order valence-electron chi connectivity index (χ1n) is 9.37. The molecule has 0 saturated heterocycles. The summed E-state index contributed by atoms with van der Waals surface area (Å²) >= 11 is 6.34. The maximum absolute atomic E-state index is 12.7. The first kappa shape index (κ1) is 18.3. The van der Waals surface area contributed by atoms with Gasteiger partial charge in [0.15, 0.2) is 0 Å². The Kier molecular flexibility index (Phi) is 6.38. The highest BCUT2D eigenvalue weighted by Gasteiger charge is 2.18. The Balaban J connectivity index is 1.69. The van der Waals surface area contributed by atoms with Crippen LogP contribution in [0.15, 0.2) is 24.4 Å². The molecule has 0 unspecified atom stereocenters. The topological polar surface area (TPSA) is 54.3 Å². The number of carbonyl (C=O) groups is 1. The van der Waals surface area contributed by atoms with Gasteiger partial charge in [0.2, 0.25) is 0 Å². The molecule has 0 radical (unpaired) electrons. The number of hydrogen-bond donors (Lipinski definition) is 2. The van der Waals surface area contributed by atoms with Crippen molar-refractivity contribution < 1.29 is 9.90 Å². The SMILES string of the molecule is O=C(NCCC1CCCCCC1)c1cn(CCO)c2cccc(Cl)c12. The normalized spacial score (nSPS) is 16.1. The molecule has 1 aliphatic rings. The number of benzene rings is 1. The summed E-state index contributed by atoms with van der Waals surface area (Å²) < 4.78 is 1.89. The third-order valence-corrected chi connectivity index (χ3v) is 5.57. The van der Waals surface area contributed by atoms with Crippen LogP contribution in [0.4, 0.5) is 0 Å². The molecule has 1 aromatic carbocycles. The molecular formula is C20H27ClN2O2. The second-order valence-corrected chi connectivity index (χ2v) is 7.40. The fraction of sp³-hybridized carbons (Fsp3) is 0.550. The van der Waals surface area contributed by atoms with Crippen LogP contribution in [0, 0.1) is 5.92 Å². The van der Waals surface area contributed by atoms with Gasteiger partial charge in [0.25, 0.3) is 5.91 Å². The fourth-order valence-electron chi connectivity index (χ4n) is 3.91.